The van der Waals surface area contributed by atoms with Gasteiger partial charge in [0.1, 0.15) is 11.5 Å². The number of nitrogens with zero attached hydrogens (tertiary/aromatic N) is 1. The number of Topliss-reactive ketones (excluding diaryl/α,β-unsaturated/α-hetero) is 1. The number of carbonyl (C=O) groups excluding carboxylic acids is 3. The third kappa shape index (κ3) is 4.00. The molecular formula is C21H21NO5. The Kier molecular flexibility index (Phi) is 5.26. The van der Waals surface area contributed by atoms with E-state index in [-0.39, 0.29) is 24.0 Å². The first-order valence-electron chi connectivity index (χ1n) is 8.78. The SMILES string of the molecule is CC(C)Oc1ccc(C(=O)CN2C(=O)c3ccccc3O[C@H](C)C2=O)cc1. The number of hydrogen-bond acceptors (Lipinski definition) is 5. The lowest BCUT2D eigenvalue weighted by Crippen LogP contribution is -2.44. The Labute approximate surface area is 157 Å². The lowest BCUT2D eigenvalue weighted by Gasteiger charge is -2.19. The van der Waals surface area contributed by atoms with Gasteiger partial charge in [0.05, 0.1) is 18.2 Å². The van der Waals surface area contributed by atoms with E-state index in [2.05, 4.69) is 0 Å². The van der Waals surface area contributed by atoms with Crippen molar-refractivity contribution in [3.8, 4) is 11.5 Å². The lowest BCUT2D eigenvalue weighted by molar-refractivity contribution is -0.134. The highest BCUT2D eigenvalue weighted by atomic mass is 16.5. The number of ether oxygens (including phenoxy) is 2. The van der Waals surface area contributed by atoms with Crippen LogP contribution in [-0.2, 0) is 4.79 Å². The van der Waals surface area contributed by atoms with Gasteiger partial charge in [0, 0.05) is 5.56 Å². The number of amides is 2. The van der Waals surface area contributed by atoms with Gasteiger partial charge >= 0.3 is 0 Å². The second-order valence-electron chi connectivity index (χ2n) is 6.60. The van der Waals surface area contributed by atoms with Crippen LogP contribution >= 0.6 is 0 Å². The highest BCUT2D eigenvalue weighted by Crippen LogP contribution is 2.25. The van der Waals surface area contributed by atoms with Gasteiger partial charge in [-0.2, -0.15) is 0 Å². The fourth-order valence-corrected chi connectivity index (χ4v) is 2.83. The zero-order chi connectivity index (χ0) is 19.6. The summed E-state index contributed by atoms with van der Waals surface area (Å²) in [6.45, 7) is 5.05. The summed E-state index contributed by atoms with van der Waals surface area (Å²) in [6.07, 6.45) is -0.826. The maximum absolute atomic E-state index is 12.8. The Morgan fingerprint density at radius 1 is 1.11 bits per heavy atom. The average Bonchev–Trinajstić information content (AvgIpc) is 2.73. The van der Waals surface area contributed by atoms with Crippen LogP contribution in [0.3, 0.4) is 0 Å². The largest absolute Gasteiger partial charge is 0.491 e. The summed E-state index contributed by atoms with van der Waals surface area (Å²) in [5, 5.41) is 0. The van der Waals surface area contributed by atoms with Crippen LogP contribution in [0, 0.1) is 0 Å². The number of para-hydroxylation sites is 1. The molecule has 1 atom stereocenters. The molecule has 0 unspecified atom stereocenters. The summed E-state index contributed by atoms with van der Waals surface area (Å²) in [5.41, 5.74) is 0.668. The molecule has 6 heteroatoms. The minimum Gasteiger partial charge on any atom is -0.491 e. The van der Waals surface area contributed by atoms with Crippen molar-refractivity contribution in [1.82, 2.24) is 4.90 Å². The van der Waals surface area contributed by atoms with Gasteiger partial charge in [-0.15, -0.1) is 0 Å². The Balaban J connectivity index is 1.81. The zero-order valence-corrected chi connectivity index (χ0v) is 15.5. The first-order valence-corrected chi connectivity index (χ1v) is 8.78. The molecule has 27 heavy (non-hydrogen) atoms. The van der Waals surface area contributed by atoms with Crippen molar-refractivity contribution in [2.45, 2.75) is 33.0 Å². The van der Waals surface area contributed by atoms with Crippen molar-refractivity contribution in [3.63, 3.8) is 0 Å². The molecule has 6 nitrogen and oxygen atoms in total. The Hall–Kier alpha value is -3.15. The molecule has 0 aliphatic carbocycles. The number of hydrogen-bond donors (Lipinski definition) is 0. The highest BCUT2D eigenvalue weighted by Gasteiger charge is 2.35. The van der Waals surface area contributed by atoms with Crippen molar-refractivity contribution >= 4 is 17.6 Å². The molecule has 2 aromatic rings. The molecule has 2 aromatic carbocycles. The van der Waals surface area contributed by atoms with Gasteiger partial charge < -0.3 is 9.47 Å². The summed E-state index contributed by atoms with van der Waals surface area (Å²) in [5.74, 6) is -0.412. The van der Waals surface area contributed by atoms with Gasteiger partial charge in [0.2, 0.25) is 0 Å². The van der Waals surface area contributed by atoms with Crippen LogP contribution in [0.25, 0.3) is 0 Å². The topological polar surface area (TPSA) is 72.9 Å². The van der Waals surface area contributed by atoms with Gasteiger partial charge in [-0.1, -0.05) is 12.1 Å². The summed E-state index contributed by atoms with van der Waals surface area (Å²) < 4.78 is 11.1. The Morgan fingerprint density at radius 3 is 2.44 bits per heavy atom. The number of benzene rings is 2. The second-order valence-corrected chi connectivity index (χ2v) is 6.60. The van der Waals surface area contributed by atoms with Gasteiger partial charge in [-0.05, 0) is 57.2 Å². The molecule has 0 saturated heterocycles. The number of ketones is 1. The molecule has 1 heterocycles. The van der Waals surface area contributed by atoms with Crippen molar-refractivity contribution in [2.75, 3.05) is 6.54 Å². The van der Waals surface area contributed by atoms with Crippen molar-refractivity contribution in [3.05, 3.63) is 59.7 Å². The van der Waals surface area contributed by atoms with Gasteiger partial charge in [0.25, 0.3) is 11.8 Å². The van der Waals surface area contributed by atoms with E-state index in [0.29, 0.717) is 17.1 Å². The van der Waals surface area contributed by atoms with E-state index in [9.17, 15) is 14.4 Å². The minimum atomic E-state index is -0.854. The van der Waals surface area contributed by atoms with Crippen molar-refractivity contribution < 1.29 is 23.9 Å². The average molecular weight is 367 g/mol. The van der Waals surface area contributed by atoms with Crippen LogP contribution in [-0.4, -0.2) is 41.3 Å². The number of fused-ring (bicyclic) bond motifs is 1. The molecule has 140 valence electrons. The predicted octanol–water partition coefficient (Wildman–Crippen LogP) is 3.11. The molecular weight excluding hydrogens is 346 g/mol. The monoisotopic (exact) mass is 367 g/mol. The molecule has 1 aliphatic heterocycles. The van der Waals surface area contributed by atoms with E-state index in [0.717, 1.165) is 4.90 Å². The van der Waals surface area contributed by atoms with Crippen molar-refractivity contribution in [1.29, 1.82) is 0 Å². The van der Waals surface area contributed by atoms with Crippen LogP contribution in [0.15, 0.2) is 48.5 Å². The van der Waals surface area contributed by atoms with E-state index in [4.69, 9.17) is 9.47 Å². The third-order valence-electron chi connectivity index (χ3n) is 4.13. The summed E-state index contributed by atoms with van der Waals surface area (Å²) >= 11 is 0. The van der Waals surface area contributed by atoms with Crippen LogP contribution < -0.4 is 9.47 Å². The number of imide groups is 1. The number of carbonyl (C=O) groups is 3. The predicted molar refractivity (Wildman–Crippen MR) is 99.1 cm³/mol. The second kappa shape index (κ2) is 7.61. The maximum atomic E-state index is 12.8. The van der Waals surface area contributed by atoms with E-state index in [1.807, 2.05) is 13.8 Å². The van der Waals surface area contributed by atoms with E-state index < -0.39 is 17.9 Å². The normalized spacial score (nSPS) is 16.6. The minimum absolute atomic E-state index is 0.0282. The fourth-order valence-electron chi connectivity index (χ4n) is 2.83. The molecule has 0 N–H and O–H groups in total. The van der Waals surface area contributed by atoms with Crippen LogP contribution in [0.1, 0.15) is 41.5 Å². The van der Waals surface area contributed by atoms with Gasteiger partial charge in [-0.3, -0.25) is 19.3 Å². The zero-order valence-electron chi connectivity index (χ0n) is 15.5. The quantitative estimate of drug-likeness (QED) is 0.600. The molecule has 3 rings (SSSR count). The Morgan fingerprint density at radius 2 is 1.78 bits per heavy atom. The van der Waals surface area contributed by atoms with E-state index >= 15 is 0 Å². The summed E-state index contributed by atoms with van der Waals surface area (Å²) in [7, 11) is 0. The van der Waals surface area contributed by atoms with Crippen molar-refractivity contribution in [2.24, 2.45) is 0 Å². The first-order chi connectivity index (χ1) is 12.9. The molecule has 2 amide bonds. The smallest absolute Gasteiger partial charge is 0.270 e. The van der Waals surface area contributed by atoms with Crippen LogP contribution in [0.4, 0.5) is 0 Å². The Bertz CT molecular complexity index is 872. The third-order valence-corrected chi connectivity index (χ3v) is 4.13. The van der Waals surface area contributed by atoms with Crippen LogP contribution in [0.5, 0.6) is 11.5 Å². The van der Waals surface area contributed by atoms with Gasteiger partial charge in [-0.25, -0.2) is 0 Å². The maximum Gasteiger partial charge on any atom is 0.270 e. The van der Waals surface area contributed by atoms with Gasteiger partial charge in [0.15, 0.2) is 11.9 Å². The highest BCUT2D eigenvalue weighted by molar-refractivity contribution is 6.12. The molecule has 0 saturated carbocycles. The number of rotatable bonds is 5. The summed E-state index contributed by atoms with van der Waals surface area (Å²) in [4.78, 5) is 39.0. The standard InChI is InChI=1S/C21H21NO5/c1-13(2)26-16-10-8-15(9-11-16)18(23)12-22-20(24)14(3)27-19-7-5-4-6-17(19)21(22)25/h4-11,13-14H,12H2,1-3H3/t14-/m1/s1. The lowest BCUT2D eigenvalue weighted by atomic mass is 10.1. The first kappa shape index (κ1) is 18.6. The molecule has 0 fully saturated rings. The molecule has 0 bridgehead atoms. The fraction of sp³-hybridized carbons (Fsp3) is 0.286. The molecule has 0 aromatic heterocycles. The van der Waals surface area contributed by atoms with E-state index in [1.54, 1.807) is 55.5 Å². The van der Waals surface area contributed by atoms with E-state index in [1.165, 1.54) is 0 Å². The van der Waals surface area contributed by atoms with Crippen LogP contribution in [0.2, 0.25) is 0 Å². The molecule has 0 radical (unpaired) electrons. The molecule has 0 spiro atoms. The summed E-state index contributed by atoms with van der Waals surface area (Å²) in [6, 6.07) is 13.3. The molecule has 1 aliphatic rings.